The number of hydrogen-bond donors (Lipinski definition) is 2. The van der Waals surface area contributed by atoms with Crippen LogP contribution in [-0.4, -0.2) is 17.6 Å². The minimum absolute atomic E-state index is 0.358. The first-order valence-corrected chi connectivity index (χ1v) is 5.77. The maximum Gasteiger partial charge on any atom is 0.328 e. The Balaban J connectivity index is 2.19. The van der Waals surface area contributed by atoms with Crippen LogP contribution in [0.15, 0.2) is 24.3 Å². The summed E-state index contributed by atoms with van der Waals surface area (Å²) in [4.78, 5) is 11.4. The Morgan fingerprint density at radius 3 is 2.53 bits per heavy atom. The predicted molar refractivity (Wildman–Crippen MR) is 62.1 cm³/mol. The minimum Gasteiger partial charge on any atom is -0.480 e. The summed E-state index contributed by atoms with van der Waals surface area (Å²) in [5.41, 5.74) is -0.567. The third kappa shape index (κ3) is 2.64. The summed E-state index contributed by atoms with van der Waals surface area (Å²) in [7, 11) is 0. The molecule has 0 bridgehead atoms. The van der Waals surface area contributed by atoms with Crippen molar-refractivity contribution in [3.8, 4) is 0 Å². The van der Waals surface area contributed by atoms with E-state index in [0.29, 0.717) is 18.0 Å². The van der Waals surface area contributed by atoms with Crippen molar-refractivity contribution >= 4 is 5.97 Å². The summed E-state index contributed by atoms with van der Waals surface area (Å²) >= 11 is 0. The maximum atomic E-state index is 12.8. The number of rotatable bonds is 5. The number of halogens is 1. The first-order chi connectivity index (χ1) is 8.02. The first-order valence-electron chi connectivity index (χ1n) is 5.77. The average molecular weight is 237 g/mol. The van der Waals surface area contributed by atoms with E-state index < -0.39 is 11.5 Å². The van der Waals surface area contributed by atoms with Crippen molar-refractivity contribution < 1.29 is 14.3 Å². The molecule has 2 rings (SSSR count). The number of carbonyl (C=O) groups is 1. The molecule has 2 N–H and O–H groups in total. The van der Waals surface area contributed by atoms with Gasteiger partial charge in [0.1, 0.15) is 11.4 Å². The van der Waals surface area contributed by atoms with Crippen LogP contribution in [0.4, 0.5) is 4.39 Å². The molecule has 0 amide bonds. The summed E-state index contributed by atoms with van der Waals surface area (Å²) in [6.45, 7) is 2.31. The lowest BCUT2D eigenvalue weighted by Crippen LogP contribution is -2.47. The number of carboxylic acids is 1. The lowest BCUT2D eigenvalue weighted by Gasteiger charge is -2.27. The van der Waals surface area contributed by atoms with Gasteiger partial charge >= 0.3 is 5.97 Å². The molecule has 0 saturated heterocycles. The van der Waals surface area contributed by atoms with Gasteiger partial charge in [0.05, 0.1) is 0 Å². The van der Waals surface area contributed by atoms with Crippen LogP contribution in [0.1, 0.15) is 25.3 Å². The van der Waals surface area contributed by atoms with E-state index in [1.165, 1.54) is 24.3 Å². The van der Waals surface area contributed by atoms with Gasteiger partial charge in [-0.05, 0) is 49.9 Å². The summed E-state index contributed by atoms with van der Waals surface area (Å²) in [5, 5.41) is 12.4. The van der Waals surface area contributed by atoms with Gasteiger partial charge in [-0.15, -0.1) is 0 Å². The van der Waals surface area contributed by atoms with E-state index in [1.54, 1.807) is 6.92 Å². The van der Waals surface area contributed by atoms with Crippen molar-refractivity contribution in [2.24, 2.45) is 5.92 Å². The van der Waals surface area contributed by atoms with Crippen LogP contribution in [-0.2, 0) is 10.3 Å². The zero-order valence-electron chi connectivity index (χ0n) is 9.74. The molecular weight excluding hydrogens is 221 g/mol. The van der Waals surface area contributed by atoms with E-state index in [9.17, 15) is 14.3 Å². The van der Waals surface area contributed by atoms with E-state index >= 15 is 0 Å². The molecule has 0 radical (unpaired) electrons. The zero-order valence-corrected chi connectivity index (χ0v) is 9.74. The second kappa shape index (κ2) is 4.45. The molecule has 0 heterocycles. The average Bonchev–Trinajstić information content (AvgIpc) is 3.10. The van der Waals surface area contributed by atoms with E-state index in [4.69, 9.17) is 0 Å². The van der Waals surface area contributed by atoms with Crippen LogP contribution in [0.3, 0.4) is 0 Å². The van der Waals surface area contributed by atoms with Crippen LogP contribution in [0.5, 0.6) is 0 Å². The number of hydrogen-bond acceptors (Lipinski definition) is 2. The van der Waals surface area contributed by atoms with Crippen LogP contribution >= 0.6 is 0 Å². The zero-order chi connectivity index (χ0) is 12.5. The third-order valence-electron chi connectivity index (χ3n) is 3.29. The fourth-order valence-corrected chi connectivity index (χ4v) is 1.75. The number of carboxylic acid groups (broad SMARTS) is 1. The van der Waals surface area contributed by atoms with Gasteiger partial charge in [-0.1, -0.05) is 12.1 Å². The molecule has 1 aromatic carbocycles. The maximum absolute atomic E-state index is 12.8. The van der Waals surface area contributed by atoms with Gasteiger partial charge in [0.2, 0.25) is 0 Å². The van der Waals surface area contributed by atoms with Gasteiger partial charge in [0.15, 0.2) is 0 Å². The molecule has 4 heteroatoms. The molecular formula is C13H16FNO2. The molecule has 1 aliphatic carbocycles. The van der Waals surface area contributed by atoms with Crippen molar-refractivity contribution in [3.63, 3.8) is 0 Å². The molecule has 17 heavy (non-hydrogen) atoms. The van der Waals surface area contributed by atoms with Gasteiger partial charge in [-0.3, -0.25) is 5.32 Å². The Kier molecular flexibility index (Phi) is 3.15. The quantitative estimate of drug-likeness (QED) is 0.824. The van der Waals surface area contributed by atoms with Gasteiger partial charge in [0, 0.05) is 0 Å². The predicted octanol–water partition coefficient (Wildman–Crippen LogP) is 2.13. The molecule has 1 aliphatic rings. The van der Waals surface area contributed by atoms with Crippen LogP contribution in [0.25, 0.3) is 0 Å². The fraction of sp³-hybridized carbons (Fsp3) is 0.462. The summed E-state index contributed by atoms with van der Waals surface area (Å²) in [6.07, 6.45) is 2.32. The lowest BCUT2D eigenvalue weighted by atomic mass is 9.92. The van der Waals surface area contributed by atoms with Crippen molar-refractivity contribution in [1.29, 1.82) is 0 Å². The largest absolute Gasteiger partial charge is 0.480 e. The molecule has 0 aliphatic heterocycles. The third-order valence-corrected chi connectivity index (χ3v) is 3.29. The number of nitrogens with one attached hydrogen (secondary N) is 1. The second-order valence-electron chi connectivity index (χ2n) is 4.76. The van der Waals surface area contributed by atoms with E-state index in [2.05, 4.69) is 5.32 Å². The van der Waals surface area contributed by atoms with Crippen molar-refractivity contribution in [1.82, 2.24) is 5.32 Å². The highest BCUT2D eigenvalue weighted by molar-refractivity contribution is 5.80. The monoisotopic (exact) mass is 237 g/mol. The molecule has 0 aromatic heterocycles. The molecule has 0 spiro atoms. The molecule has 1 fully saturated rings. The summed E-state index contributed by atoms with van der Waals surface area (Å²) in [6, 6.07) is 5.61. The lowest BCUT2D eigenvalue weighted by molar-refractivity contribution is -0.144. The Morgan fingerprint density at radius 1 is 1.47 bits per heavy atom. The molecule has 1 saturated carbocycles. The highest BCUT2D eigenvalue weighted by Crippen LogP contribution is 2.30. The van der Waals surface area contributed by atoms with Crippen LogP contribution in [0.2, 0.25) is 0 Å². The van der Waals surface area contributed by atoms with E-state index in [0.717, 1.165) is 12.8 Å². The van der Waals surface area contributed by atoms with Crippen LogP contribution < -0.4 is 5.32 Å². The Morgan fingerprint density at radius 2 is 2.06 bits per heavy atom. The highest BCUT2D eigenvalue weighted by Gasteiger charge is 2.36. The molecule has 1 unspecified atom stereocenters. The second-order valence-corrected chi connectivity index (χ2v) is 4.76. The minimum atomic E-state index is -1.14. The van der Waals surface area contributed by atoms with Gasteiger partial charge in [0.25, 0.3) is 0 Å². The topological polar surface area (TPSA) is 49.3 Å². The normalized spacial score (nSPS) is 18.7. The van der Waals surface area contributed by atoms with E-state index in [1.807, 2.05) is 0 Å². The molecule has 1 aromatic rings. The Hall–Kier alpha value is -1.42. The standard InChI is InChI=1S/C13H16FNO2/c1-13(12(16)17,15-8-9-2-3-9)10-4-6-11(14)7-5-10/h4-7,9,15H,2-3,8H2,1H3,(H,16,17). The Labute approximate surface area is 99.7 Å². The van der Waals surface area contributed by atoms with Gasteiger partial charge in [-0.2, -0.15) is 0 Å². The van der Waals surface area contributed by atoms with Crippen molar-refractivity contribution in [2.45, 2.75) is 25.3 Å². The van der Waals surface area contributed by atoms with Gasteiger partial charge < -0.3 is 5.11 Å². The van der Waals surface area contributed by atoms with Crippen LogP contribution in [0, 0.1) is 11.7 Å². The molecule has 3 nitrogen and oxygen atoms in total. The van der Waals surface area contributed by atoms with Crippen molar-refractivity contribution in [3.05, 3.63) is 35.6 Å². The number of aliphatic carboxylic acids is 1. The molecule has 1 atom stereocenters. The Bertz CT molecular complexity index is 414. The SMILES string of the molecule is CC(NCC1CC1)(C(=O)O)c1ccc(F)cc1. The van der Waals surface area contributed by atoms with Gasteiger partial charge in [-0.25, -0.2) is 9.18 Å². The summed E-state index contributed by atoms with van der Waals surface area (Å²) < 4.78 is 12.8. The highest BCUT2D eigenvalue weighted by atomic mass is 19.1. The summed E-state index contributed by atoms with van der Waals surface area (Å²) in [5.74, 6) is -0.706. The molecule has 92 valence electrons. The number of benzene rings is 1. The smallest absolute Gasteiger partial charge is 0.328 e. The fourth-order valence-electron chi connectivity index (χ4n) is 1.75. The van der Waals surface area contributed by atoms with E-state index in [-0.39, 0.29) is 5.82 Å². The van der Waals surface area contributed by atoms with Crippen molar-refractivity contribution in [2.75, 3.05) is 6.54 Å². The first kappa shape index (κ1) is 12.0.